The zero-order chi connectivity index (χ0) is 21.8. The van der Waals surface area contributed by atoms with Crippen LogP contribution in [0.3, 0.4) is 0 Å². The highest BCUT2D eigenvalue weighted by Gasteiger charge is 2.57. The van der Waals surface area contributed by atoms with Gasteiger partial charge in [-0.1, -0.05) is 0 Å². The second kappa shape index (κ2) is 7.67. The van der Waals surface area contributed by atoms with E-state index in [-0.39, 0.29) is 5.82 Å². The molecule has 2 unspecified atom stereocenters. The van der Waals surface area contributed by atoms with E-state index in [0.717, 1.165) is 38.5 Å². The quantitative estimate of drug-likeness (QED) is 0.684. The molecule has 2 N–H and O–H groups in total. The number of hydrogen-bond donors (Lipinski definition) is 1. The van der Waals surface area contributed by atoms with Crippen LogP contribution in [0, 0.1) is 17.8 Å². The second-order valence-corrected chi connectivity index (χ2v) is 8.82. The normalized spacial score (nSPS) is 25.6. The number of rotatable bonds is 8. The third-order valence-electron chi connectivity index (χ3n) is 6.54. The largest absolute Gasteiger partial charge is 0.573 e. The van der Waals surface area contributed by atoms with Crippen LogP contribution in [0.5, 0.6) is 5.75 Å². The molecule has 31 heavy (non-hydrogen) atoms. The predicted octanol–water partition coefficient (Wildman–Crippen LogP) is 3.13. The lowest BCUT2D eigenvalue weighted by Gasteiger charge is -2.20. The maximum Gasteiger partial charge on any atom is 0.573 e. The summed E-state index contributed by atoms with van der Waals surface area (Å²) >= 11 is 0. The van der Waals surface area contributed by atoms with Crippen LogP contribution in [-0.4, -0.2) is 59.1 Å². The Hall–Kier alpha value is -2.33. The summed E-state index contributed by atoms with van der Waals surface area (Å²) < 4.78 is 49.6. The first kappa shape index (κ1) is 20.6. The molecule has 7 nitrogen and oxygen atoms in total. The molecule has 3 fully saturated rings. The molecule has 0 radical (unpaired) electrons. The lowest BCUT2D eigenvalue weighted by molar-refractivity contribution is -0.274. The van der Waals surface area contributed by atoms with Crippen molar-refractivity contribution in [1.29, 1.82) is 0 Å². The summed E-state index contributed by atoms with van der Waals surface area (Å²) in [4.78, 5) is 11.1. The highest BCUT2D eigenvalue weighted by atomic mass is 19.4. The zero-order valence-corrected chi connectivity index (χ0v) is 17.3. The van der Waals surface area contributed by atoms with Gasteiger partial charge in [0.2, 0.25) is 0 Å². The molecular weight excluding hydrogens is 411 g/mol. The number of nitrogens with zero attached hydrogens (tertiary/aromatic N) is 4. The number of pyridine rings is 1. The van der Waals surface area contributed by atoms with E-state index in [1.54, 1.807) is 7.11 Å². The van der Waals surface area contributed by atoms with Crippen molar-refractivity contribution in [3.8, 4) is 17.0 Å². The van der Waals surface area contributed by atoms with Crippen molar-refractivity contribution in [2.45, 2.75) is 31.7 Å². The zero-order valence-electron chi connectivity index (χ0n) is 17.3. The number of fused-ring (bicyclic) bond motifs is 1. The van der Waals surface area contributed by atoms with Gasteiger partial charge in [0, 0.05) is 57.2 Å². The van der Waals surface area contributed by atoms with Gasteiger partial charge < -0.3 is 24.7 Å². The van der Waals surface area contributed by atoms with Gasteiger partial charge in [-0.05, 0) is 36.7 Å². The van der Waals surface area contributed by atoms with Crippen LogP contribution in [-0.2, 0) is 11.2 Å². The number of halogens is 3. The highest BCUT2D eigenvalue weighted by Crippen LogP contribution is 2.56. The van der Waals surface area contributed by atoms with E-state index in [0.29, 0.717) is 35.1 Å². The molecule has 10 heteroatoms. The first-order valence-corrected chi connectivity index (χ1v) is 10.6. The topological polar surface area (TPSA) is 78.4 Å². The average molecular weight is 437 g/mol. The number of likely N-dealkylation sites (tertiary alicyclic amines) is 1. The Kier molecular flexibility index (Phi) is 5.09. The van der Waals surface area contributed by atoms with Gasteiger partial charge in [-0.15, -0.1) is 13.2 Å². The van der Waals surface area contributed by atoms with Crippen molar-refractivity contribution in [3.05, 3.63) is 24.3 Å². The molecule has 0 aromatic carbocycles. The van der Waals surface area contributed by atoms with E-state index in [4.69, 9.17) is 15.5 Å². The van der Waals surface area contributed by atoms with Crippen molar-refractivity contribution in [2.24, 2.45) is 17.8 Å². The van der Waals surface area contributed by atoms with Crippen LogP contribution in [0.1, 0.15) is 24.7 Å². The summed E-state index contributed by atoms with van der Waals surface area (Å²) in [5.41, 5.74) is 6.65. The summed E-state index contributed by atoms with van der Waals surface area (Å²) in [5.74, 6) is 2.04. The Bertz CT molecular complexity index is 947. The van der Waals surface area contributed by atoms with E-state index >= 15 is 0 Å². The summed E-state index contributed by atoms with van der Waals surface area (Å²) in [7, 11) is 1.72. The van der Waals surface area contributed by atoms with Gasteiger partial charge in [-0.2, -0.15) is 0 Å². The maximum absolute atomic E-state index is 12.7. The van der Waals surface area contributed by atoms with Gasteiger partial charge in [0.05, 0.1) is 12.3 Å². The molecule has 2 saturated carbocycles. The van der Waals surface area contributed by atoms with Crippen molar-refractivity contribution in [1.82, 2.24) is 19.4 Å². The lowest BCUT2D eigenvalue weighted by Crippen LogP contribution is -2.28. The number of methoxy groups -OCH3 is 1. The van der Waals surface area contributed by atoms with Crippen molar-refractivity contribution in [3.63, 3.8) is 0 Å². The predicted molar refractivity (Wildman–Crippen MR) is 107 cm³/mol. The molecule has 168 valence electrons. The summed E-state index contributed by atoms with van der Waals surface area (Å²) in [6.07, 6.45) is 1.90. The van der Waals surface area contributed by atoms with Gasteiger partial charge in [0.1, 0.15) is 5.82 Å². The SMILES string of the molecule is COCCN1CC2C(n3cc(-c4cnc(N)c(OC(F)(F)F)c4)nc3CC3CC3)[C@H]2C1. The van der Waals surface area contributed by atoms with Gasteiger partial charge in [0.15, 0.2) is 11.6 Å². The summed E-state index contributed by atoms with van der Waals surface area (Å²) in [5, 5.41) is 0. The highest BCUT2D eigenvalue weighted by molar-refractivity contribution is 5.64. The number of nitrogens with two attached hydrogens (primary N) is 1. The first-order chi connectivity index (χ1) is 14.8. The van der Waals surface area contributed by atoms with Crippen LogP contribution in [0.4, 0.5) is 19.0 Å². The Morgan fingerprint density at radius 3 is 2.61 bits per heavy atom. The van der Waals surface area contributed by atoms with E-state index in [1.807, 2.05) is 6.20 Å². The molecule has 0 amide bonds. The minimum absolute atomic E-state index is 0.299. The Balaban J connectivity index is 1.38. The maximum atomic E-state index is 12.7. The van der Waals surface area contributed by atoms with E-state index < -0.39 is 12.1 Å². The summed E-state index contributed by atoms with van der Waals surface area (Å²) in [6.45, 7) is 3.77. The van der Waals surface area contributed by atoms with Crippen LogP contribution >= 0.6 is 0 Å². The summed E-state index contributed by atoms with van der Waals surface area (Å²) in [6, 6.07) is 1.67. The van der Waals surface area contributed by atoms with E-state index in [2.05, 4.69) is 19.2 Å². The molecule has 0 bridgehead atoms. The fourth-order valence-electron chi connectivity index (χ4n) is 4.76. The monoisotopic (exact) mass is 437 g/mol. The van der Waals surface area contributed by atoms with Crippen LogP contribution in [0.25, 0.3) is 11.3 Å². The number of imidazole rings is 1. The number of aromatic nitrogens is 3. The molecule has 5 rings (SSSR count). The molecule has 3 atom stereocenters. The molecule has 3 aliphatic rings. The van der Waals surface area contributed by atoms with E-state index in [9.17, 15) is 13.2 Å². The second-order valence-electron chi connectivity index (χ2n) is 8.82. The fourth-order valence-corrected chi connectivity index (χ4v) is 4.76. The lowest BCUT2D eigenvalue weighted by atomic mass is 10.2. The number of nitrogen functional groups attached to an aromatic ring is 1. The Morgan fingerprint density at radius 2 is 1.97 bits per heavy atom. The van der Waals surface area contributed by atoms with Gasteiger partial charge >= 0.3 is 6.36 Å². The number of hydrogen-bond acceptors (Lipinski definition) is 6. The van der Waals surface area contributed by atoms with Crippen LogP contribution < -0.4 is 10.5 Å². The molecule has 2 aliphatic carbocycles. The average Bonchev–Trinajstić information content (AvgIpc) is 3.55. The smallest absolute Gasteiger partial charge is 0.402 e. The van der Waals surface area contributed by atoms with Crippen LogP contribution in [0.15, 0.2) is 18.5 Å². The molecule has 0 spiro atoms. The van der Waals surface area contributed by atoms with Gasteiger partial charge in [-0.3, -0.25) is 0 Å². The number of alkyl halides is 3. The van der Waals surface area contributed by atoms with Crippen LogP contribution in [0.2, 0.25) is 0 Å². The fraction of sp³-hybridized carbons (Fsp3) is 0.619. The third-order valence-corrected chi connectivity index (χ3v) is 6.54. The number of ether oxygens (including phenoxy) is 2. The number of anilines is 1. The minimum atomic E-state index is -4.83. The molecular formula is C21H26F3N5O2. The van der Waals surface area contributed by atoms with Crippen molar-refractivity contribution < 1.29 is 22.6 Å². The third kappa shape index (κ3) is 4.36. The standard InChI is InChI=1S/C21H26F3N5O2/c1-30-5-4-28-9-14-15(10-28)19(14)29-11-16(27-18(29)6-12-2-3-12)13-7-17(20(25)26-8-13)31-21(22,23)24/h7-8,11-12,14-15,19H,2-6,9-10H2,1H3,(H2,25,26)/t14-,15?,19?/m0/s1. The van der Waals surface area contributed by atoms with Gasteiger partial charge in [0.25, 0.3) is 0 Å². The minimum Gasteiger partial charge on any atom is -0.402 e. The Labute approximate surface area is 178 Å². The molecule has 2 aromatic rings. The van der Waals surface area contributed by atoms with Crippen molar-refractivity contribution >= 4 is 5.82 Å². The van der Waals surface area contributed by atoms with Crippen molar-refractivity contribution in [2.75, 3.05) is 39.1 Å². The molecule has 2 aromatic heterocycles. The Morgan fingerprint density at radius 1 is 1.23 bits per heavy atom. The number of piperidine rings is 1. The molecule has 1 saturated heterocycles. The molecule has 1 aliphatic heterocycles. The first-order valence-electron chi connectivity index (χ1n) is 10.6. The van der Waals surface area contributed by atoms with E-state index in [1.165, 1.54) is 25.1 Å². The molecule has 3 heterocycles. The van der Waals surface area contributed by atoms with Gasteiger partial charge in [-0.25, -0.2) is 9.97 Å².